The standard InChI is InChI=1S/C11H20N4O3/c12-10(15-17)8-2-1-3-9(8)14-11(16)13-7-4-5-18-6-7/h7-9,17H,1-6H2,(H2,12,15)(H2,13,14,16). The Bertz CT molecular complexity index is 328. The van der Waals surface area contributed by atoms with Gasteiger partial charge in [-0.15, -0.1) is 0 Å². The van der Waals surface area contributed by atoms with Crippen molar-refractivity contribution >= 4 is 11.9 Å². The van der Waals surface area contributed by atoms with Crippen molar-refractivity contribution < 1.29 is 14.7 Å². The molecule has 0 bridgehead atoms. The summed E-state index contributed by atoms with van der Waals surface area (Å²) in [6.07, 6.45) is 3.52. The van der Waals surface area contributed by atoms with Crippen molar-refractivity contribution in [2.75, 3.05) is 13.2 Å². The van der Waals surface area contributed by atoms with Crippen molar-refractivity contribution in [3.8, 4) is 0 Å². The highest BCUT2D eigenvalue weighted by Gasteiger charge is 2.32. The maximum Gasteiger partial charge on any atom is 0.315 e. The van der Waals surface area contributed by atoms with Crippen LogP contribution in [-0.2, 0) is 4.74 Å². The first-order valence-electron chi connectivity index (χ1n) is 6.33. The molecule has 2 fully saturated rings. The van der Waals surface area contributed by atoms with Gasteiger partial charge >= 0.3 is 6.03 Å². The SMILES string of the molecule is NC(=NO)C1CCCC1NC(=O)NC1CCOC1. The van der Waals surface area contributed by atoms with Gasteiger partial charge in [0.1, 0.15) is 5.84 Å². The van der Waals surface area contributed by atoms with Crippen molar-refractivity contribution in [1.29, 1.82) is 0 Å². The molecule has 102 valence electrons. The van der Waals surface area contributed by atoms with Crippen molar-refractivity contribution in [3.63, 3.8) is 0 Å². The Kier molecular flexibility index (Phi) is 4.24. The molecule has 2 amide bonds. The summed E-state index contributed by atoms with van der Waals surface area (Å²) in [5, 5.41) is 17.5. The molecule has 2 rings (SSSR count). The zero-order valence-corrected chi connectivity index (χ0v) is 10.3. The minimum absolute atomic E-state index is 0.0526. The van der Waals surface area contributed by atoms with Gasteiger partial charge in [0.25, 0.3) is 0 Å². The number of hydrogen-bond acceptors (Lipinski definition) is 4. The van der Waals surface area contributed by atoms with Gasteiger partial charge in [-0.2, -0.15) is 0 Å². The van der Waals surface area contributed by atoms with Crippen LogP contribution in [-0.4, -0.2) is 42.4 Å². The molecule has 2 aliphatic rings. The van der Waals surface area contributed by atoms with Gasteiger partial charge in [-0.3, -0.25) is 0 Å². The first-order valence-corrected chi connectivity index (χ1v) is 6.33. The van der Waals surface area contributed by atoms with E-state index in [0.717, 1.165) is 25.7 Å². The van der Waals surface area contributed by atoms with Gasteiger partial charge in [0.2, 0.25) is 0 Å². The second-order valence-corrected chi connectivity index (χ2v) is 4.85. The molecule has 7 nitrogen and oxygen atoms in total. The summed E-state index contributed by atoms with van der Waals surface area (Å²) in [7, 11) is 0. The third kappa shape index (κ3) is 3.04. The highest BCUT2D eigenvalue weighted by molar-refractivity contribution is 5.84. The van der Waals surface area contributed by atoms with E-state index in [1.54, 1.807) is 0 Å². The van der Waals surface area contributed by atoms with Crippen molar-refractivity contribution in [2.24, 2.45) is 16.8 Å². The van der Waals surface area contributed by atoms with Crippen LogP contribution < -0.4 is 16.4 Å². The molecule has 5 N–H and O–H groups in total. The van der Waals surface area contributed by atoms with Crippen molar-refractivity contribution in [1.82, 2.24) is 10.6 Å². The average molecular weight is 256 g/mol. The number of amides is 2. The summed E-state index contributed by atoms with van der Waals surface area (Å²) >= 11 is 0. The Morgan fingerprint density at radius 1 is 1.33 bits per heavy atom. The highest BCUT2D eigenvalue weighted by Crippen LogP contribution is 2.25. The Balaban J connectivity index is 1.82. The third-order valence-corrected chi connectivity index (χ3v) is 3.59. The average Bonchev–Trinajstić information content (AvgIpc) is 2.99. The Morgan fingerprint density at radius 3 is 2.83 bits per heavy atom. The molecule has 0 aromatic rings. The quantitative estimate of drug-likeness (QED) is 0.246. The fourth-order valence-corrected chi connectivity index (χ4v) is 2.60. The second kappa shape index (κ2) is 5.90. The number of rotatable bonds is 3. The van der Waals surface area contributed by atoms with Crippen LogP contribution in [0.2, 0.25) is 0 Å². The van der Waals surface area contributed by atoms with E-state index in [2.05, 4.69) is 15.8 Å². The van der Waals surface area contributed by atoms with Gasteiger partial charge in [-0.25, -0.2) is 4.79 Å². The molecule has 1 saturated heterocycles. The zero-order chi connectivity index (χ0) is 13.0. The van der Waals surface area contributed by atoms with E-state index in [4.69, 9.17) is 15.7 Å². The summed E-state index contributed by atoms with van der Waals surface area (Å²) in [4.78, 5) is 11.8. The van der Waals surface area contributed by atoms with Gasteiger partial charge in [0, 0.05) is 18.6 Å². The fourth-order valence-electron chi connectivity index (χ4n) is 2.60. The Hall–Kier alpha value is -1.50. The van der Waals surface area contributed by atoms with E-state index < -0.39 is 0 Å². The summed E-state index contributed by atoms with van der Waals surface area (Å²) in [5.41, 5.74) is 5.62. The largest absolute Gasteiger partial charge is 0.409 e. The van der Waals surface area contributed by atoms with Crippen molar-refractivity contribution in [3.05, 3.63) is 0 Å². The lowest BCUT2D eigenvalue weighted by Gasteiger charge is -2.21. The lowest BCUT2D eigenvalue weighted by Crippen LogP contribution is -2.49. The number of nitrogens with two attached hydrogens (primary N) is 1. The van der Waals surface area contributed by atoms with Crippen LogP contribution in [0.15, 0.2) is 5.16 Å². The van der Waals surface area contributed by atoms with Crippen molar-refractivity contribution in [2.45, 2.75) is 37.8 Å². The predicted octanol–water partition coefficient (Wildman–Crippen LogP) is -0.0104. The molecule has 18 heavy (non-hydrogen) atoms. The van der Waals surface area contributed by atoms with E-state index >= 15 is 0 Å². The molecule has 0 spiro atoms. The van der Waals surface area contributed by atoms with Crippen LogP contribution in [0.25, 0.3) is 0 Å². The number of oxime groups is 1. The number of amidine groups is 1. The zero-order valence-electron chi connectivity index (χ0n) is 10.3. The summed E-state index contributed by atoms with van der Waals surface area (Å²) in [6, 6.07) is -0.162. The van der Waals surface area contributed by atoms with Crippen LogP contribution >= 0.6 is 0 Å². The van der Waals surface area contributed by atoms with Crippen LogP contribution in [0, 0.1) is 5.92 Å². The smallest absolute Gasteiger partial charge is 0.315 e. The number of urea groups is 1. The molecule has 0 radical (unpaired) electrons. The molecule has 0 aromatic heterocycles. The Labute approximate surface area is 106 Å². The summed E-state index contributed by atoms with van der Waals surface area (Å²) < 4.78 is 5.19. The number of ether oxygens (including phenoxy) is 1. The van der Waals surface area contributed by atoms with Crippen LogP contribution in [0.3, 0.4) is 0 Å². The van der Waals surface area contributed by atoms with Crippen LogP contribution in [0.4, 0.5) is 4.79 Å². The molecule has 0 aromatic carbocycles. The Morgan fingerprint density at radius 2 is 2.17 bits per heavy atom. The molecular weight excluding hydrogens is 236 g/mol. The maximum absolute atomic E-state index is 11.8. The normalized spacial score (nSPS) is 32.4. The minimum atomic E-state index is -0.201. The molecular formula is C11H20N4O3. The summed E-state index contributed by atoms with van der Waals surface area (Å²) in [5.74, 6) is 0.127. The third-order valence-electron chi connectivity index (χ3n) is 3.59. The molecule has 1 aliphatic heterocycles. The van der Waals surface area contributed by atoms with Gasteiger partial charge < -0.3 is 26.3 Å². The molecule has 1 saturated carbocycles. The highest BCUT2D eigenvalue weighted by atomic mass is 16.5. The fraction of sp³-hybridized carbons (Fsp3) is 0.818. The van der Waals surface area contributed by atoms with E-state index in [-0.39, 0.29) is 29.9 Å². The molecule has 7 heteroatoms. The number of hydrogen-bond donors (Lipinski definition) is 4. The first-order chi connectivity index (χ1) is 8.70. The number of nitrogens with one attached hydrogen (secondary N) is 2. The predicted molar refractivity (Wildman–Crippen MR) is 65.4 cm³/mol. The maximum atomic E-state index is 11.8. The van der Waals surface area contributed by atoms with Crippen LogP contribution in [0.5, 0.6) is 0 Å². The first kappa shape index (κ1) is 12.9. The van der Waals surface area contributed by atoms with Gasteiger partial charge in [0.15, 0.2) is 0 Å². The van der Waals surface area contributed by atoms with E-state index in [0.29, 0.717) is 13.2 Å². The van der Waals surface area contributed by atoms with Gasteiger partial charge in [-0.05, 0) is 19.3 Å². The molecule has 3 unspecified atom stereocenters. The van der Waals surface area contributed by atoms with E-state index in [1.165, 1.54) is 0 Å². The number of carbonyl (C=O) groups is 1. The van der Waals surface area contributed by atoms with E-state index in [9.17, 15) is 4.79 Å². The molecule has 1 aliphatic carbocycles. The second-order valence-electron chi connectivity index (χ2n) is 4.85. The van der Waals surface area contributed by atoms with Gasteiger partial charge in [0.05, 0.1) is 12.6 Å². The lowest BCUT2D eigenvalue weighted by atomic mass is 10.0. The minimum Gasteiger partial charge on any atom is -0.409 e. The van der Waals surface area contributed by atoms with Gasteiger partial charge in [-0.1, -0.05) is 11.6 Å². The summed E-state index contributed by atoms with van der Waals surface area (Å²) in [6.45, 7) is 1.27. The van der Waals surface area contributed by atoms with Crippen LogP contribution in [0.1, 0.15) is 25.7 Å². The van der Waals surface area contributed by atoms with E-state index in [1.807, 2.05) is 0 Å². The topological polar surface area (TPSA) is 109 Å². The monoisotopic (exact) mass is 256 g/mol. The molecule has 1 heterocycles. The number of carbonyl (C=O) groups excluding carboxylic acids is 1. The number of nitrogens with zero attached hydrogens (tertiary/aromatic N) is 1. The lowest BCUT2D eigenvalue weighted by molar-refractivity contribution is 0.188. The molecule has 3 atom stereocenters.